The van der Waals surface area contributed by atoms with Crippen molar-refractivity contribution in [3.63, 3.8) is 0 Å². The average molecular weight is 420 g/mol. The number of aromatic nitrogens is 2. The van der Waals surface area contributed by atoms with E-state index in [2.05, 4.69) is 14.7 Å². The van der Waals surface area contributed by atoms with Crippen LogP contribution in [0.15, 0.2) is 59.6 Å². The first-order valence-corrected chi connectivity index (χ1v) is 10.2. The molecule has 146 valence electrons. The van der Waals surface area contributed by atoms with Gasteiger partial charge in [0.05, 0.1) is 19.9 Å². The van der Waals surface area contributed by atoms with Crippen molar-refractivity contribution in [3.8, 4) is 22.8 Å². The van der Waals surface area contributed by atoms with Gasteiger partial charge in [0.1, 0.15) is 10.6 Å². The maximum absolute atomic E-state index is 13.3. The summed E-state index contributed by atoms with van der Waals surface area (Å²) in [7, 11) is -2.74. The van der Waals surface area contributed by atoms with Crippen LogP contribution in [-0.2, 0) is 10.0 Å². The lowest BCUT2D eigenvalue weighted by Crippen LogP contribution is -2.17. The fourth-order valence-corrected chi connectivity index (χ4v) is 4.14. The van der Waals surface area contributed by atoms with Gasteiger partial charge in [-0.05, 0) is 18.6 Å². The summed E-state index contributed by atoms with van der Waals surface area (Å²) in [5, 5.41) is 0.0829. The van der Waals surface area contributed by atoms with Crippen LogP contribution in [0.1, 0.15) is 6.92 Å². The second kappa shape index (κ2) is 8.45. The summed E-state index contributed by atoms with van der Waals surface area (Å²) < 4.78 is 39.7. The van der Waals surface area contributed by atoms with Crippen LogP contribution < -0.4 is 14.2 Å². The molecule has 0 saturated carbocycles. The highest BCUT2D eigenvalue weighted by molar-refractivity contribution is 7.93. The molecule has 0 unspecified atom stereocenters. The zero-order valence-electron chi connectivity index (χ0n) is 15.2. The summed E-state index contributed by atoms with van der Waals surface area (Å²) in [5.41, 5.74) is 1.23. The molecule has 0 atom stereocenters. The van der Waals surface area contributed by atoms with Crippen LogP contribution >= 0.6 is 11.6 Å². The summed E-state index contributed by atoms with van der Waals surface area (Å²) in [4.78, 5) is 7.92. The number of sulfonamides is 1. The molecular formula is C19H18ClN3O4S. The summed E-state index contributed by atoms with van der Waals surface area (Å²) in [6.45, 7) is 2.09. The van der Waals surface area contributed by atoms with Crippen LogP contribution in [0, 0.1) is 0 Å². The maximum Gasteiger partial charge on any atom is 0.267 e. The number of methoxy groups -OCH3 is 1. The molecule has 1 aromatic heterocycles. The van der Waals surface area contributed by atoms with Crippen LogP contribution in [0.4, 0.5) is 5.82 Å². The van der Waals surface area contributed by atoms with E-state index in [0.717, 1.165) is 5.56 Å². The second-order valence-electron chi connectivity index (χ2n) is 5.59. The van der Waals surface area contributed by atoms with Gasteiger partial charge in [0, 0.05) is 5.56 Å². The van der Waals surface area contributed by atoms with Crippen molar-refractivity contribution in [2.75, 3.05) is 18.4 Å². The van der Waals surface area contributed by atoms with E-state index in [4.69, 9.17) is 21.1 Å². The predicted molar refractivity (Wildman–Crippen MR) is 107 cm³/mol. The number of anilines is 1. The third-order valence-corrected chi connectivity index (χ3v) is 5.37. The van der Waals surface area contributed by atoms with Crippen molar-refractivity contribution in [3.05, 3.63) is 59.9 Å². The van der Waals surface area contributed by atoms with E-state index in [-0.39, 0.29) is 27.5 Å². The molecule has 9 heteroatoms. The van der Waals surface area contributed by atoms with Gasteiger partial charge >= 0.3 is 0 Å². The first kappa shape index (κ1) is 19.9. The molecule has 0 bridgehead atoms. The van der Waals surface area contributed by atoms with Gasteiger partial charge in [-0.3, -0.25) is 4.72 Å². The lowest BCUT2D eigenvalue weighted by molar-refractivity contribution is 0.331. The molecule has 0 fully saturated rings. The molecule has 0 radical (unpaired) electrons. The van der Waals surface area contributed by atoms with Crippen LogP contribution in [0.2, 0.25) is 5.15 Å². The van der Waals surface area contributed by atoms with E-state index in [1.807, 2.05) is 30.3 Å². The molecule has 1 N–H and O–H groups in total. The van der Waals surface area contributed by atoms with Gasteiger partial charge in [0.15, 0.2) is 5.15 Å². The van der Waals surface area contributed by atoms with Crippen molar-refractivity contribution < 1.29 is 17.9 Å². The molecule has 0 spiro atoms. The standard InChI is InChI=1S/C19H18ClN3O4S/c1-3-27-15-11-7-10-14(13-8-5-4-6-9-13)17(15)28(24,25)23-18-19(26-2)22-16(20)12-21-18/h4-12H,3H2,1-2H3,(H,21,23). The highest BCUT2D eigenvalue weighted by atomic mass is 35.5. The minimum absolute atomic E-state index is 0.00172. The Bertz CT molecular complexity index is 1080. The van der Waals surface area contributed by atoms with E-state index in [0.29, 0.717) is 12.2 Å². The molecule has 7 nitrogen and oxygen atoms in total. The van der Waals surface area contributed by atoms with Crippen LogP contribution in [0.5, 0.6) is 11.6 Å². The quantitative estimate of drug-likeness (QED) is 0.622. The third kappa shape index (κ3) is 4.18. The van der Waals surface area contributed by atoms with Crippen molar-refractivity contribution in [2.45, 2.75) is 11.8 Å². The van der Waals surface area contributed by atoms with Crippen molar-refractivity contribution in [1.29, 1.82) is 0 Å². The van der Waals surface area contributed by atoms with Gasteiger partial charge in [0.2, 0.25) is 5.82 Å². The Morgan fingerprint density at radius 1 is 1.11 bits per heavy atom. The summed E-state index contributed by atoms with van der Waals surface area (Å²) in [6.07, 6.45) is 1.23. The summed E-state index contributed by atoms with van der Waals surface area (Å²) >= 11 is 5.80. The van der Waals surface area contributed by atoms with E-state index in [9.17, 15) is 8.42 Å². The van der Waals surface area contributed by atoms with Crippen molar-refractivity contribution in [2.24, 2.45) is 0 Å². The zero-order chi connectivity index (χ0) is 20.1. The Morgan fingerprint density at radius 3 is 2.54 bits per heavy atom. The molecule has 3 rings (SSSR count). The molecule has 0 aliphatic heterocycles. The minimum Gasteiger partial charge on any atom is -0.492 e. The van der Waals surface area contributed by atoms with Gasteiger partial charge in [-0.15, -0.1) is 0 Å². The molecule has 0 aliphatic carbocycles. The van der Waals surface area contributed by atoms with Crippen LogP contribution in [0.3, 0.4) is 0 Å². The van der Waals surface area contributed by atoms with Crippen molar-refractivity contribution in [1.82, 2.24) is 9.97 Å². The van der Waals surface area contributed by atoms with Crippen molar-refractivity contribution >= 4 is 27.4 Å². The number of rotatable bonds is 7. The molecular weight excluding hydrogens is 402 g/mol. The Labute approximate surface area is 168 Å². The lowest BCUT2D eigenvalue weighted by Gasteiger charge is -2.17. The molecule has 0 amide bonds. The smallest absolute Gasteiger partial charge is 0.267 e. The molecule has 28 heavy (non-hydrogen) atoms. The lowest BCUT2D eigenvalue weighted by atomic mass is 10.1. The monoisotopic (exact) mass is 419 g/mol. The number of ether oxygens (including phenoxy) is 2. The summed E-state index contributed by atoms with van der Waals surface area (Å²) in [5.74, 6) is 0.126. The number of benzene rings is 2. The number of nitrogens with one attached hydrogen (secondary N) is 1. The fourth-order valence-electron chi connectivity index (χ4n) is 2.65. The fraction of sp³-hybridized carbons (Fsp3) is 0.158. The van der Waals surface area contributed by atoms with E-state index in [1.165, 1.54) is 13.3 Å². The number of hydrogen-bond acceptors (Lipinski definition) is 6. The third-order valence-electron chi connectivity index (χ3n) is 3.77. The Morgan fingerprint density at radius 2 is 1.86 bits per heavy atom. The minimum atomic E-state index is -4.09. The molecule has 1 heterocycles. The maximum atomic E-state index is 13.3. The second-order valence-corrected chi connectivity index (χ2v) is 7.59. The van der Waals surface area contributed by atoms with Gasteiger partial charge in [-0.1, -0.05) is 54.1 Å². The Kier molecular flexibility index (Phi) is 6.01. The van der Waals surface area contributed by atoms with E-state index < -0.39 is 10.0 Å². The van der Waals surface area contributed by atoms with Gasteiger partial charge < -0.3 is 9.47 Å². The highest BCUT2D eigenvalue weighted by Gasteiger charge is 2.26. The molecule has 0 aliphatic rings. The molecule has 2 aromatic carbocycles. The number of halogens is 1. The number of nitrogens with zero attached hydrogens (tertiary/aromatic N) is 2. The highest BCUT2D eigenvalue weighted by Crippen LogP contribution is 2.36. The first-order valence-electron chi connectivity index (χ1n) is 8.37. The topological polar surface area (TPSA) is 90.4 Å². The SMILES string of the molecule is CCOc1cccc(-c2ccccc2)c1S(=O)(=O)Nc1ncc(Cl)nc1OC. The van der Waals surface area contributed by atoms with Crippen LogP contribution in [0.25, 0.3) is 11.1 Å². The summed E-state index contributed by atoms with van der Waals surface area (Å²) in [6, 6.07) is 14.2. The van der Waals surface area contributed by atoms with Gasteiger partial charge in [0.25, 0.3) is 15.9 Å². The molecule has 0 saturated heterocycles. The zero-order valence-corrected chi connectivity index (χ0v) is 16.8. The Balaban J connectivity index is 2.15. The predicted octanol–water partition coefficient (Wildman–Crippen LogP) is 4.01. The van der Waals surface area contributed by atoms with E-state index >= 15 is 0 Å². The van der Waals surface area contributed by atoms with Gasteiger partial charge in [-0.2, -0.15) is 4.98 Å². The van der Waals surface area contributed by atoms with Crippen LogP contribution in [-0.4, -0.2) is 32.1 Å². The average Bonchev–Trinajstić information content (AvgIpc) is 2.70. The number of hydrogen-bond donors (Lipinski definition) is 1. The normalized spacial score (nSPS) is 11.1. The van der Waals surface area contributed by atoms with Gasteiger partial charge in [-0.25, -0.2) is 13.4 Å². The first-order chi connectivity index (χ1) is 13.5. The van der Waals surface area contributed by atoms with E-state index in [1.54, 1.807) is 25.1 Å². The molecule has 3 aromatic rings. The largest absolute Gasteiger partial charge is 0.492 e. The Hall–Kier alpha value is -2.84.